The zero-order valence-corrected chi connectivity index (χ0v) is 18.1. The predicted molar refractivity (Wildman–Crippen MR) is 112 cm³/mol. The summed E-state index contributed by atoms with van der Waals surface area (Å²) in [5, 5.41) is 0. The highest BCUT2D eigenvalue weighted by atomic mass is 32.2. The number of rotatable bonds is 7. The van der Waals surface area contributed by atoms with E-state index in [9.17, 15) is 18.0 Å². The molecule has 1 aliphatic rings. The fourth-order valence-corrected chi connectivity index (χ4v) is 4.81. The topological polar surface area (TPSA) is 111 Å². The lowest BCUT2D eigenvalue weighted by Crippen LogP contribution is -2.39. The Hall–Kier alpha value is -2.92. The number of nitrogens with zero attached hydrogens (tertiary/aromatic N) is 1. The van der Waals surface area contributed by atoms with Gasteiger partial charge in [-0.3, -0.25) is 19.2 Å². The van der Waals surface area contributed by atoms with Crippen molar-refractivity contribution in [3.8, 4) is 11.5 Å². The van der Waals surface area contributed by atoms with Gasteiger partial charge in [0.1, 0.15) is 18.0 Å². The molecule has 3 rings (SSSR count). The first-order valence-electron chi connectivity index (χ1n) is 8.68. The molecule has 0 unspecified atom stereocenters. The third kappa shape index (κ3) is 4.46. The van der Waals surface area contributed by atoms with Crippen LogP contribution in [0.2, 0.25) is 0 Å². The van der Waals surface area contributed by atoms with Crippen LogP contribution in [0.1, 0.15) is 0 Å². The molecule has 0 saturated heterocycles. The largest absolute Gasteiger partial charge is 0.497 e. The Morgan fingerprint density at radius 1 is 1.13 bits per heavy atom. The molecule has 2 aromatic rings. The molecule has 0 aromatic heterocycles. The van der Waals surface area contributed by atoms with Crippen LogP contribution >= 0.6 is 11.8 Å². The number of anilines is 2. The number of nitrogens with one attached hydrogen (secondary N) is 1. The van der Waals surface area contributed by atoms with Crippen molar-refractivity contribution in [2.75, 3.05) is 43.2 Å². The molecule has 0 fully saturated rings. The Bertz CT molecular complexity index is 1090. The molecule has 0 saturated carbocycles. The smallest absolute Gasteiger partial charge is 0.325 e. The van der Waals surface area contributed by atoms with E-state index >= 15 is 0 Å². The van der Waals surface area contributed by atoms with Gasteiger partial charge in [0.2, 0.25) is 5.91 Å². The zero-order valence-electron chi connectivity index (χ0n) is 16.5. The van der Waals surface area contributed by atoms with Gasteiger partial charge in [0.05, 0.1) is 43.4 Å². The minimum atomic E-state index is -4.01. The summed E-state index contributed by atoms with van der Waals surface area (Å²) in [6.07, 6.45) is 0. The molecule has 0 spiro atoms. The van der Waals surface area contributed by atoms with E-state index in [2.05, 4.69) is 9.46 Å². The molecule has 11 heteroatoms. The lowest BCUT2D eigenvalue weighted by Gasteiger charge is -2.28. The molecule has 0 atom stereocenters. The number of sulfonamides is 1. The molecule has 2 aromatic carbocycles. The van der Waals surface area contributed by atoms with E-state index < -0.39 is 16.0 Å². The Kier molecular flexibility index (Phi) is 6.42. The van der Waals surface area contributed by atoms with Gasteiger partial charge in [0.15, 0.2) is 0 Å². The number of hydrogen-bond donors (Lipinski definition) is 1. The number of ether oxygens (including phenoxy) is 3. The van der Waals surface area contributed by atoms with Crippen LogP contribution in [-0.2, 0) is 24.3 Å². The summed E-state index contributed by atoms with van der Waals surface area (Å²) < 4.78 is 43.4. The van der Waals surface area contributed by atoms with Crippen molar-refractivity contribution in [2.24, 2.45) is 0 Å². The van der Waals surface area contributed by atoms with Crippen LogP contribution in [0, 0.1) is 0 Å². The minimum Gasteiger partial charge on any atom is -0.497 e. The van der Waals surface area contributed by atoms with Gasteiger partial charge in [-0.25, -0.2) is 8.42 Å². The number of thioether (sulfide) groups is 1. The number of hydrogen-bond acceptors (Lipinski definition) is 8. The average Bonchev–Trinajstić information content (AvgIpc) is 2.75. The van der Waals surface area contributed by atoms with Crippen molar-refractivity contribution in [3.63, 3.8) is 0 Å². The first kappa shape index (κ1) is 21.8. The normalized spacial score (nSPS) is 13.4. The van der Waals surface area contributed by atoms with E-state index in [1.165, 1.54) is 56.2 Å². The predicted octanol–water partition coefficient (Wildman–Crippen LogP) is 2.12. The number of benzene rings is 2. The fourth-order valence-electron chi connectivity index (χ4n) is 2.80. The van der Waals surface area contributed by atoms with Crippen LogP contribution in [0.15, 0.2) is 46.2 Å². The fraction of sp³-hybridized carbons (Fsp3) is 0.263. The molecule has 1 N–H and O–H groups in total. The summed E-state index contributed by atoms with van der Waals surface area (Å²) >= 11 is 1.28. The Morgan fingerprint density at radius 3 is 2.57 bits per heavy atom. The molecule has 30 heavy (non-hydrogen) atoms. The van der Waals surface area contributed by atoms with Crippen LogP contribution in [-0.4, -0.2) is 53.9 Å². The lowest BCUT2D eigenvalue weighted by molar-refractivity contribution is -0.139. The molecular formula is C19H20N2O7S2. The van der Waals surface area contributed by atoms with Crippen LogP contribution in [0.25, 0.3) is 0 Å². The van der Waals surface area contributed by atoms with Gasteiger partial charge in [0, 0.05) is 11.0 Å². The van der Waals surface area contributed by atoms with Crippen molar-refractivity contribution in [1.82, 2.24) is 0 Å². The maximum absolute atomic E-state index is 13.0. The zero-order chi connectivity index (χ0) is 21.9. The number of amides is 1. The Labute approximate surface area is 178 Å². The summed E-state index contributed by atoms with van der Waals surface area (Å²) in [7, 11) is 0.120. The van der Waals surface area contributed by atoms with E-state index in [-0.39, 0.29) is 34.5 Å². The standard InChI is InChI=1S/C19H20N2O7S2/c1-26-12-4-6-14(16(8-12)27-2)20-30(24,25)13-5-7-17-15(9-13)21(10-19(23)28-3)18(22)11-29-17/h4-9,20H,10-11H2,1-3H3. The first-order chi connectivity index (χ1) is 14.3. The van der Waals surface area contributed by atoms with Gasteiger partial charge < -0.3 is 14.2 Å². The summed E-state index contributed by atoms with van der Waals surface area (Å²) in [6, 6.07) is 9.09. The van der Waals surface area contributed by atoms with Crippen LogP contribution in [0.4, 0.5) is 11.4 Å². The number of fused-ring (bicyclic) bond motifs is 1. The SMILES string of the molecule is COC(=O)CN1C(=O)CSc2ccc(S(=O)(=O)Nc3ccc(OC)cc3OC)cc21. The number of carbonyl (C=O) groups is 2. The van der Waals surface area contributed by atoms with Gasteiger partial charge >= 0.3 is 5.97 Å². The second-order valence-corrected chi connectivity index (χ2v) is 8.85. The first-order valence-corrected chi connectivity index (χ1v) is 11.1. The van der Waals surface area contributed by atoms with Gasteiger partial charge in [0.25, 0.3) is 10.0 Å². The molecule has 0 bridgehead atoms. The maximum atomic E-state index is 13.0. The second-order valence-electron chi connectivity index (χ2n) is 6.15. The van der Waals surface area contributed by atoms with Crippen molar-refractivity contribution >= 4 is 45.0 Å². The van der Waals surface area contributed by atoms with E-state index in [0.717, 1.165) is 0 Å². The molecule has 160 valence electrons. The highest BCUT2D eigenvalue weighted by Crippen LogP contribution is 2.38. The molecule has 1 heterocycles. The quantitative estimate of drug-likeness (QED) is 0.636. The van der Waals surface area contributed by atoms with Crippen molar-refractivity contribution < 1.29 is 32.2 Å². The van der Waals surface area contributed by atoms with Crippen molar-refractivity contribution in [1.29, 1.82) is 0 Å². The van der Waals surface area contributed by atoms with Gasteiger partial charge in [-0.2, -0.15) is 0 Å². The van der Waals surface area contributed by atoms with Crippen LogP contribution in [0.3, 0.4) is 0 Å². The average molecular weight is 453 g/mol. The van der Waals surface area contributed by atoms with Crippen LogP contribution < -0.4 is 19.1 Å². The minimum absolute atomic E-state index is 0.0655. The van der Waals surface area contributed by atoms with E-state index in [1.54, 1.807) is 18.2 Å². The third-order valence-electron chi connectivity index (χ3n) is 4.35. The molecule has 9 nitrogen and oxygen atoms in total. The molecule has 0 aliphatic carbocycles. The number of methoxy groups -OCH3 is 3. The van der Waals surface area contributed by atoms with E-state index in [1.807, 2.05) is 0 Å². The molecule has 0 radical (unpaired) electrons. The van der Waals surface area contributed by atoms with Gasteiger partial charge in [-0.15, -0.1) is 11.8 Å². The van der Waals surface area contributed by atoms with Crippen molar-refractivity contribution in [3.05, 3.63) is 36.4 Å². The van der Waals surface area contributed by atoms with Crippen LogP contribution in [0.5, 0.6) is 11.5 Å². The summed E-state index contributed by atoms with van der Waals surface area (Å²) in [5.74, 6) is 0.0384. The second kappa shape index (κ2) is 8.84. The van der Waals surface area contributed by atoms with Gasteiger partial charge in [-0.1, -0.05) is 0 Å². The summed E-state index contributed by atoms with van der Waals surface area (Å²) in [6.45, 7) is -0.299. The maximum Gasteiger partial charge on any atom is 0.325 e. The number of esters is 1. The lowest BCUT2D eigenvalue weighted by atomic mass is 10.2. The molecular weight excluding hydrogens is 432 g/mol. The summed E-state index contributed by atoms with van der Waals surface area (Å²) in [5.41, 5.74) is 0.569. The highest BCUT2D eigenvalue weighted by Gasteiger charge is 2.29. The van der Waals surface area contributed by atoms with Gasteiger partial charge in [-0.05, 0) is 30.3 Å². The highest BCUT2D eigenvalue weighted by molar-refractivity contribution is 8.00. The number of carbonyl (C=O) groups excluding carboxylic acids is 2. The molecule has 1 aliphatic heterocycles. The van der Waals surface area contributed by atoms with E-state index in [0.29, 0.717) is 16.3 Å². The molecule has 1 amide bonds. The van der Waals surface area contributed by atoms with E-state index in [4.69, 9.17) is 9.47 Å². The third-order valence-corrected chi connectivity index (χ3v) is 6.76. The monoisotopic (exact) mass is 452 g/mol. The Balaban J connectivity index is 1.96. The summed E-state index contributed by atoms with van der Waals surface area (Å²) in [4.78, 5) is 25.9. The van der Waals surface area contributed by atoms with Crippen molar-refractivity contribution in [2.45, 2.75) is 9.79 Å². The Morgan fingerprint density at radius 2 is 1.90 bits per heavy atom.